The molecule has 0 saturated carbocycles. The first-order valence-electron chi connectivity index (χ1n) is 7.26. The number of fused-ring (bicyclic) bond motifs is 1. The number of benzene rings is 1. The van der Waals surface area contributed by atoms with Crippen LogP contribution in [0.15, 0.2) is 12.1 Å². The van der Waals surface area contributed by atoms with Gasteiger partial charge in [-0.05, 0) is 12.1 Å². The third-order valence-corrected chi connectivity index (χ3v) is 4.28. The Hall–Kier alpha value is -2.28. The normalized spacial score (nSPS) is 21.0. The van der Waals surface area contributed by atoms with E-state index in [4.69, 9.17) is 10.5 Å². The highest BCUT2D eigenvalue weighted by molar-refractivity contribution is 6.04. The minimum atomic E-state index is -0.359. The fourth-order valence-corrected chi connectivity index (χ4v) is 3.13. The smallest absolute Gasteiger partial charge is 0.324 e. The van der Waals surface area contributed by atoms with E-state index in [0.29, 0.717) is 30.9 Å². The van der Waals surface area contributed by atoms with Crippen molar-refractivity contribution in [3.8, 4) is 0 Å². The van der Waals surface area contributed by atoms with Crippen LogP contribution in [-0.2, 0) is 16.1 Å². The predicted octanol–water partition coefficient (Wildman–Crippen LogP) is -0.194. The van der Waals surface area contributed by atoms with Crippen LogP contribution in [0.4, 0.5) is 11.4 Å². The number of nitrogens with one attached hydrogen (secondary N) is 1. The number of rotatable bonds is 2. The van der Waals surface area contributed by atoms with Crippen LogP contribution >= 0.6 is 0 Å². The van der Waals surface area contributed by atoms with Crippen molar-refractivity contribution in [3.05, 3.63) is 23.3 Å². The van der Waals surface area contributed by atoms with E-state index in [0.717, 1.165) is 17.8 Å². The first kappa shape index (κ1) is 14.6. The molecule has 1 aromatic rings. The molecule has 3 N–H and O–H groups in total. The van der Waals surface area contributed by atoms with Crippen LogP contribution in [0.2, 0.25) is 0 Å². The lowest BCUT2D eigenvalue weighted by molar-refractivity contribution is -0.143. The van der Waals surface area contributed by atoms with E-state index < -0.39 is 0 Å². The number of hydrogen-bond donors (Lipinski definition) is 2. The molecule has 0 aliphatic carbocycles. The zero-order chi connectivity index (χ0) is 15.9. The number of piperazine rings is 1. The van der Waals surface area contributed by atoms with Gasteiger partial charge < -0.3 is 25.6 Å². The van der Waals surface area contributed by atoms with Crippen molar-refractivity contribution in [2.24, 2.45) is 0 Å². The molecule has 0 bridgehead atoms. The first-order valence-corrected chi connectivity index (χ1v) is 7.26. The molecule has 3 rings (SSSR count). The second-order valence-corrected chi connectivity index (χ2v) is 5.66. The van der Waals surface area contributed by atoms with Gasteiger partial charge in [0.15, 0.2) is 0 Å². The molecule has 1 aromatic carbocycles. The lowest BCUT2D eigenvalue weighted by Crippen LogP contribution is -2.54. The fourth-order valence-electron chi connectivity index (χ4n) is 3.13. The number of anilines is 2. The van der Waals surface area contributed by atoms with Gasteiger partial charge in [-0.25, -0.2) is 0 Å². The van der Waals surface area contributed by atoms with Gasteiger partial charge in [-0.3, -0.25) is 9.59 Å². The Balaban J connectivity index is 1.93. The maximum absolute atomic E-state index is 12.2. The van der Waals surface area contributed by atoms with Crippen molar-refractivity contribution < 1.29 is 14.3 Å². The first-order chi connectivity index (χ1) is 10.5. The van der Waals surface area contributed by atoms with Crippen LogP contribution in [-0.4, -0.2) is 56.6 Å². The summed E-state index contributed by atoms with van der Waals surface area (Å²) >= 11 is 0. The number of nitrogen functional groups attached to an aromatic ring is 1. The molecule has 1 atom stereocenters. The van der Waals surface area contributed by atoms with Crippen molar-refractivity contribution >= 4 is 23.3 Å². The van der Waals surface area contributed by atoms with E-state index >= 15 is 0 Å². The highest BCUT2D eigenvalue weighted by Crippen LogP contribution is 2.35. The van der Waals surface area contributed by atoms with Gasteiger partial charge in [0.1, 0.15) is 6.04 Å². The summed E-state index contributed by atoms with van der Waals surface area (Å²) < 4.78 is 4.81. The van der Waals surface area contributed by atoms with Gasteiger partial charge in [0.05, 0.1) is 12.7 Å². The van der Waals surface area contributed by atoms with Crippen molar-refractivity contribution in [1.29, 1.82) is 0 Å². The zero-order valence-corrected chi connectivity index (χ0v) is 12.8. The third-order valence-electron chi connectivity index (χ3n) is 4.28. The summed E-state index contributed by atoms with van der Waals surface area (Å²) in [7, 11) is 3.15. The number of nitrogens with two attached hydrogens (primary N) is 1. The molecular weight excluding hydrogens is 284 g/mol. The van der Waals surface area contributed by atoms with Crippen LogP contribution < -0.4 is 16.0 Å². The molecule has 2 aliphatic rings. The van der Waals surface area contributed by atoms with Gasteiger partial charge in [0.2, 0.25) is 0 Å². The van der Waals surface area contributed by atoms with E-state index in [2.05, 4.69) is 10.2 Å². The Labute approximate surface area is 129 Å². The van der Waals surface area contributed by atoms with Crippen molar-refractivity contribution in [1.82, 2.24) is 10.2 Å². The van der Waals surface area contributed by atoms with Crippen LogP contribution in [0.25, 0.3) is 0 Å². The summed E-state index contributed by atoms with van der Waals surface area (Å²) in [5.41, 5.74) is 8.98. The van der Waals surface area contributed by atoms with Gasteiger partial charge in [0.25, 0.3) is 5.91 Å². The maximum atomic E-state index is 12.2. The van der Waals surface area contributed by atoms with Gasteiger partial charge >= 0.3 is 5.97 Å². The molecule has 7 nitrogen and oxygen atoms in total. The molecule has 118 valence electrons. The number of hydrogen-bond acceptors (Lipinski definition) is 6. The fraction of sp³-hybridized carbons (Fsp3) is 0.467. The molecule has 2 aliphatic heterocycles. The summed E-state index contributed by atoms with van der Waals surface area (Å²) in [6.45, 7) is 2.51. The Bertz CT molecular complexity index is 631. The largest absolute Gasteiger partial charge is 0.468 e. The monoisotopic (exact) mass is 304 g/mol. The molecule has 1 amide bonds. The molecule has 0 radical (unpaired) electrons. The second-order valence-electron chi connectivity index (χ2n) is 5.66. The van der Waals surface area contributed by atoms with Gasteiger partial charge in [-0.1, -0.05) is 0 Å². The second kappa shape index (κ2) is 5.49. The van der Waals surface area contributed by atoms with E-state index in [1.54, 1.807) is 18.0 Å². The number of ether oxygens (including phenoxy) is 1. The molecule has 2 heterocycles. The molecule has 7 heteroatoms. The quantitative estimate of drug-likeness (QED) is 0.581. The Morgan fingerprint density at radius 2 is 2.23 bits per heavy atom. The summed E-state index contributed by atoms with van der Waals surface area (Å²) in [5, 5.41) is 3.15. The summed E-state index contributed by atoms with van der Waals surface area (Å²) in [5.74, 6) is -0.320. The minimum Gasteiger partial charge on any atom is -0.468 e. The average Bonchev–Trinajstić information content (AvgIpc) is 2.83. The molecule has 22 heavy (non-hydrogen) atoms. The van der Waals surface area contributed by atoms with E-state index in [9.17, 15) is 9.59 Å². The van der Waals surface area contributed by atoms with Gasteiger partial charge in [-0.15, -0.1) is 0 Å². The Kier molecular flexibility index (Phi) is 3.66. The average molecular weight is 304 g/mol. The Morgan fingerprint density at radius 3 is 2.95 bits per heavy atom. The zero-order valence-electron chi connectivity index (χ0n) is 12.8. The van der Waals surface area contributed by atoms with Gasteiger partial charge in [-0.2, -0.15) is 0 Å². The highest BCUT2D eigenvalue weighted by atomic mass is 16.5. The third kappa shape index (κ3) is 2.27. The Morgan fingerprint density at radius 1 is 1.45 bits per heavy atom. The van der Waals surface area contributed by atoms with Crippen molar-refractivity contribution in [2.45, 2.75) is 12.6 Å². The van der Waals surface area contributed by atoms with Crippen molar-refractivity contribution in [3.63, 3.8) is 0 Å². The SMILES string of the molecule is COC(=O)C1CN(c2ccc(N)c3c2CN(C)C3=O)CCN1. The standard InChI is InChI=1S/C15H20N4O3/c1-18-7-9-12(4-3-10(16)13(9)14(18)20)19-6-5-17-11(8-19)15(21)22-2/h3-4,11,17H,5-8,16H2,1-2H3. The van der Waals surface area contributed by atoms with Crippen LogP contribution in [0, 0.1) is 0 Å². The molecule has 0 spiro atoms. The topological polar surface area (TPSA) is 87.9 Å². The number of amides is 1. The number of carbonyl (C=O) groups is 2. The van der Waals surface area contributed by atoms with Crippen LogP contribution in [0.5, 0.6) is 0 Å². The van der Waals surface area contributed by atoms with Crippen LogP contribution in [0.1, 0.15) is 15.9 Å². The molecule has 1 fully saturated rings. The summed E-state index contributed by atoms with van der Waals surface area (Å²) in [6.07, 6.45) is 0. The van der Waals surface area contributed by atoms with Crippen molar-refractivity contribution in [2.75, 3.05) is 44.4 Å². The summed E-state index contributed by atoms with van der Waals surface area (Å²) in [6, 6.07) is 3.34. The molecular formula is C15H20N4O3. The predicted molar refractivity (Wildman–Crippen MR) is 82.7 cm³/mol. The lowest BCUT2D eigenvalue weighted by atomic mass is 10.0. The number of methoxy groups -OCH3 is 1. The number of esters is 1. The number of carbonyl (C=O) groups excluding carboxylic acids is 2. The summed E-state index contributed by atoms with van der Waals surface area (Å²) in [4.78, 5) is 27.7. The number of nitrogens with zero attached hydrogens (tertiary/aromatic N) is 2. The van der Waals surface area contributed by atoms with E-state index in [1.807, 2.05) is 6.07 Å². The van der Waals surface area contributed by atoms with E-state index in [-0.39, 0.29) is 17.9 Å². The molecule has 1 saturated heterocycles. The maximum Gasteiger partial charge on any atom is 0.324 e. The molecule has 0 aromatic heterocycles. The van der Waals surface area contributed by atoms with E-state index in [1.165, 1.54) is 7.11 Å². The molecule has 1 unspecified atom stereocenters. The van der Waals surface area contributed by atoms with Gasteiger partial charge in [0, 0.05) is 50.2 Å². The van der Waals surface area contributed by atoms with Crippen LogP contribution in [0.3, 0.4) is 0 Å². The highest BCUT2D eigenvalue weighted by Gasteiger charge is 2.33. The lowest BCUT2D eigenvalue weighted by Gasteiger charge is -2.35. The minimum absolute atomic E-state index is 0.0472.